The van der Waals surface area contributed by atoms with Gasteiger partial charge in [0.05, 0.1) is 17.6 Å². The first-order chi connectivity index (χ1) is 15.3. The van der Waals surface area contributed by atoms with E-state index in [1.165, 1.54) is 0 Å². The molecule has 0 atom stereocenters. The van der Waals surface area contributed by atoms with Gasteiger partial charge < -0.3 is 4.57 Å². The molecule has 2 heterocycles. The Labute approximate surface area is 188 Å². The molecule has 0 saturated heterocycles. The summed E-state index contributed by atoms with van der Waals surface area (Å²) in [4.78, 5) is 0. The normalized spacial score (nSPS) is 11.3. The smallest absolute Gasteiger partial charge is 0.141 e. The van der Waals surface area contributed by atoms with E-state index in [9.17, 15) is 0 Å². The maximum absolute atomic E-state index is 4.52. The van der Waals surface area contributed by atoms with Crippen molar-refractivity contribution in [2.24, 2.45) is 5.10 Å². The third-order valence-electron chi connectivity index (χ3n) is 4.97. The van der Waals surface area contributed by atoms with Crippen molar-refractivity contribution >= 4 is 22.1 Å². The molecule has 31 heavy (non-hydrogen) atoms. The highest BCUT2D eigenvalue weighted by atomic mass is 79.9. The maximum Gasteiger partial charge on any atom is 0.141 e. The third-order valence-corrected chi connectivity index (χ3v) is 5.50. The molecule has 5 rings (SSSR count). The molecule has 0 bridgehead atoms. The molecule has 5 nitrogen and oxygen atoms in total. The Kier molecular flexibility index (Phi) is 5.29. The van der Waals surface area contributed by atoms with Crippen molar-refractivity contribution in [2.75, 3.05) is 0 Å². The maximum atomic E-state index is 4.52. The summed E-state index contributed by atoms with van der Waals surface area (Å²) in [5, 5.41) is 12.2. The largest absolute Gasteiger partial charge is 0.309 e. The summed E-state index contributed by atoms with van der Waals surface area (Å²) in [5.41, 5.74) is 6.47. The fourth-order valence-electron chi connectivity index (χ4n) is 3.58. The monoisotopic (exact) mass is 467 g/mol. The van der Waals surface area contributed by atoms with E-state index in [2.05, 4.69) is 115 Å². The van der Waals surface area contributed by atoms with Crippen molar-refractivity contribution in [2.45, 2.75) is 0 Å². The van der Waals surface area contributed by atoms with Crippen LogP contribution in [0, 0.1) is 0 Å². The molecule has 0 N–H and O–H groups in total. The first-order valence-corrected chi connectivity index (χ1v) is 10.6. The van der Waals surface area contributed by atoms with Gasteiger partial charge in [-0.2, -0.15) is 5.10 Å². The topological polar surface area (TPSA) is 48.0 Å². The van der Waals surface area contributed by atoms with Gasteiger partial charge in [0.1, 0.15) is 12.7 Å². The molecule has 0 aliphatic rings. The summed E-state index contributed by atoms with van der Waals surface area (Å²) in [6.07, 6.45) is 5.00. The summed E-state index contributed by atoms with van der Waals surface area (Å²) in [5.74, 6) is 0. The van der Waals surface area contributed by atoms with E-state index < -0.39 is 0 Å². The van der Waals surface area contributed by atoms with E-state index in [-0.39, 0.29) is 0 Å². The molecule has 0 spiro atoms. The molecule has 6 heteroatoms. The van der Waals surface area contributed by atoms with Gasteiger partial charge in [0, 0.05) is 15.7 Å². The molecular formula is C25H18BrN5. The fourth-order valence-corrected chi connectivity index (χ4v) is 3.85. The van der Waals surface area contributed by atoms with Crippen LogP contribution in [-0.2, 0) is 0 Å². The molecular weight excluding hydrogens is 450 g/mol. The summed E-state index contributed by atoms with van der Waals surface area (Å²) in [6, 6.07) is 31.3. The zero-order valence-corrected chi connectivity index (χ0v) is 18.1. The second kappa shape index (κ2) is 8.53. The average Bonchev–Trinajstić information content (AvgIpc) is 3.47. The van der Waals surface area contributed by atoms with E-state index in [0.29, 0.717) is 0 Å². The van der Waals surface area contributed by atoms with Crippen molar-refractivity contribution < 1.29 is 0 Å². The number of hydrogen-bond donors (Lipinski definition) is 0. The lowest BCUT2D eigenvalue weighted by Gasteiger charge is -2.15. The number of aromatic nitrogens is 4. The van der Waals surface area contributed by atoms with Crippen molar-refractivity contribution in [1.29, 1.82) is 0 Å². The van der Waals surface area contributed by atoms with Gasteiger partial charge >= 0.3 is 0 Å². The zero-order valence-electron chi connectivity index (χ0n) is 16.5. The molecule has 0 fully saturated rings. The minimum Gasteiger partial charge on any atom is -0.309 e. The Morgan fingerprint density at radius 2 is 1.35 bits per heavy atom. The lowest BCUT2D eigenvalue weighted by atomic mass is 10.1. The number of hydrogen-bond acceptors (Lipinski definition) is 3. The molecule has 0 aliphatic heterocycles. The SMILES string of the molecule is Brc1ccc(-n2c(-c3ccccc3)cc(/C=N/n3cnnc3)c2-c2ccccc2)cc1. The second-order valence-electron chi connectivity index (χ2n) is 6.96. The Hall–Kier alpha value is -3.77. The number of benzene rings is 3. The first-order valence-electron chi connectivity index (χ1n) is 9.81. The Balaban J connectivity index is 1.79. The number of nitrogens with zero attached hydrogens (tertiary/aromatic N) is 5. The van der Waals surface area contributed by atoms with Crippen LogP contribution in [0.1, 0.15) is 5.56 Å². The van der Waals surface area contributed by atoms with Crippen molar-refractivity contribution in [3.63, 3.8) is 0 Å². The molecule has 0 saturated carbocycles. The predicted octanol–water partition coefficient (Wildman–Crippen LogP) is 6.05. The van der Waals surface area contributed by atoms with Crippen molar-refractivity contribution in [1.82, 2.24) is 19.4 Å². The summed E-state index contributed by atoms with van der Waals surface area (Å²) in [6.45, 7) is 0. The van der Waals surface area contributed by atoms with Crippen LogP contribution in [-0.4, -0.2) is 25.7 Å². The minimum absolute atomic E-state index is 1.00. The van der Waals surface area contributed by atoms with E-state index in [0.717, 1.165) is 38.2 Å². The van der Waals surface area contributed by atoms with Gasteiger partial charge in [-0.15, -0.1) is 10.2 Å². The van der Waals surface area contributed by atoms with Gasteiger partial charge in [0.25, 0.3) is 0 Å². The van der Waals surface area contributed by atoms with Crippen LogP contribution in [0.2, 0.25) is 0 Å². The third kappa shape index (κ3) is 3.98. The first kappa shape index (κ1) is 19.2. The molecule has 5 aromatic rings. The molecule has 150 valence electrons. The van der Waals surface area contributed by atoms with Crippen LogP contribution in [0.3, 0.4) is 0 Å². The second-order valence-corrected chi connectivity index (χ2v) is 7.88. The van der Waals surface area contributed by atoms with Crippen LogP contribution in [0.25, 0.3) is 28.2 Å². The standard InChI is InChI=1S/C25H18BrN5/c26-22-11-13-23(14-12-22)31-24(19-7-3-1-4-8-19)15-21(16-29-30-17-27-28-18-30)25(31)20-9-5-2-6-10-20/h1-18H/b29-16+. The minimum atomic E-state index is 1.00. The fraction of sp³-hybridized carbons (Fsp3) is 0. The van der Waals surface area contributed by atoms with E-state index in [4.69, 9.17) is 0 Å². The van der Waals surface area contributed by atoms with Crippen LogP contribution >= 0.6 is 15.9 Å². The van der Waals surface area contributed by atoms with E-state index in [1.807, 2.05) is 18.3 Å². The molecule has 0 unspecified atom stereocenters. The predicted molar refractivity (Wildman–Crippen MR) is 127 cm³/mol. The van der Waals surface area contributed by atoms with E-state index in [1.54, 1.807) is 17.3 Å². The van der Waals surface area contributed by atoms with Gasteiger partial charge in [0.2, 0.25) is 0 Å². The lowest BCUT2D eigenvalue weighted by Crippen LogP contribution is -2.00. The van der Waals surface area contributed by atoms with Gasteiger partial charge in [-0.25, -0.2) is 4.68 Å². The van der Waals surface area contributed by atoms with Gasteiger partial charge in [0.15, 0.2) is 0 Å². The lowest BCUT2D eigenvalue weighted by molar-refractivity contribution is 0.878. The van der Waals surface area contributed by atoms with Gasteiger partial charge in [-0.1, -0.05) is 76.6 Å². The molecule has 3 aromatic carbocycles. The van der Waals surface area contributed by atoms with Crippen LogP contribution < -0.4 is 0 Å². The summed E-state index contributed by atoms with van der Waals surface area (Å²) in [7, 11) is 0. The van der Waals surface area contributed by atoms with Crippen LogP contribution in [0.4, 0.5) is 0 Å². The highest BCUT2D eigenvalue weighted by Crippen LogP contribution is 2.35. The van der Waals surface area contributed by atoms with Crippen LogP contribution in [0.15, 0.2) is 113 Å². The van der Waals surface area contributed by atoms with Crippen molar-refractivity contribution in [3.8, 4) is 28.2 Å². The molecule has 0 aliphatic carbocycles. The van der Waals surface area contributed by atoms with Gasteiger partial charge in [-0.3, -0.25) is 0 Å². The molecule has 2 aromatic heterocycles. The van der Waals surface area contributed by atoms with Gasteiger partial charge in [-0.05, 0) is 41.5 Å². The summed E-state index contributed by atoms with van der Waals surface area (Å²) >= 11 is 3.55. The highest BCUT2D eigenvalue weighted by molar-refractivity contribution is 9.10. The highest BCUT2D eigenvalue weighted by Gasteiger charge is 2.18. The van der Waals surface area contributed by atoms with Crippen molar-refractivity contribution in [3.05, 3.63) is 114 Å². The molecule has 0 radical (unpaired) electrons. The number of halogens is 1. The number of rotatable bonds is 5. The Morgan fingerprint density at radius 1 is 0.742 bits per heavy atom. The molecule has 0 amide bonds. The quantitative estimate of drug-likeness (QED) is 0.295. The average molecular weight is 468 g/mol. The summed E-state index contributed by atoms with van der Waals surface area (Å²) < 4.78 is 4.92. The Morgan fingerprint density at radius 3 is 2.00 bits per heavy atom. The van der Waals surface area contributed by atoms with E-state index >= 15 is 0 Å². The van der Waals surface area contributed by atoms with Crippen LogP contribution in [0.5, 0.6) is 0 Å². The Bertz CT molecular complexity index is 1310. The zero-order chi connectivity index (χ0) is 21.0.